The Morgan fingerprint density at radius 2 is 1.67 bits per heavy atom. The smallest absolute Gasteiger partial charge is 0.222 e. The Labute approximate surface area is 126 Å². The average Bonchev–Trinajstić information content (AvgIpc) is 2.80. The molecule has 3 aromatic rings. The standard InChI is InChI=1S/C13H11N2S.ClHO4/c1-10-7-8-15-12(9-16-13(15)14-10)11-5-3-2-4-6-11;2-1(3,4)5/h2-9H,1H3;(H,2,3,4,5)/q+1;/p-1. The van der Waals surface area contributed by atoms with Crippen LogP contribution in [0.3, 0.4) is 0 Å². The van der Waals surface area contributed by atoms with Crippen LogP contribution in [0.5, 0.6) is 0 Å². The van der Waals surface area contributed by atoms with Crippen LogP contribution in [0, 0.1) is 17.2 Å². The van der Waals surface area contributed by atoms with Crippen molar-refractivity contribution in [2.75, 3.05) is 0 Å². The number of fused-ring (bicyclic) bond motifs is 1. The highest BCUT2D eigenvalue weighted by atomic mass is 35.7. The van der Waals surface area contributed by atoms with Crippen LogP contribution in [0.4, 0.5) is 0 Å². The summed E-state index contributed by atoms with van der Waals surface area (Å²) in [5, 5.41) is 2.15. The second-order valence-electron chi connectivity index (χ2n) is 4.09. The summed E-state index contributed by atoms with van der Waals surface area (Å²) < 4.78 is 36.1. The van der Waals surface area contributed by atoms with Crippen molar-refractivity contribution >= 4 is 16.3 Å². The molecule has 0 N–H and O–H groups in total. The molecule has 8 heteroatoms. The fourth-order valence-electron chi connectivity index (χ4n) is 1.74. The first kappa shape index (κ1) is 15.8. The molecule has 0 unspecified atom stereocenters. The van der Waals surface area contributed by atoms with Gasteiger partial charge in [0.05, 0.1) is 0 Å². The molecule has 0 fully saturated rings. The molecule has 21 heavy (non-hydrogen) atoms. The van der Waals surface area contributed by atoms with Gasteiger partial charge < -0.3 is 0 Å². The normalized spacial score (nSPS) is 11.1. The third kappa shape index (κ3) is 4.71. The van der Waals surface area contributed by atoms with Gasteiger partial charge in [0.1, 0.15) is 6.20 Å². The van der Waals surface area contributed by atoms with E-state index in [0.717, 1.165) is 10.7 Å². The average molecular weight is 327 g/mol. The number of halogens is 1. The van der Waals surface area contributed by atoms with Crippen molar-refractivity contribution in [3.05, 3.63) is 53.7 Å². The summed E-state index contributed by atoms with van der Waals surface area (Å²) in [7, 11) is -4.94. The lowest BCUT2D eigenvalue weighted by Gasteiger charge is -2.17. The summed E-state index contributed by atoms with van der Waals surface area (Å²) in [6.07, 6.45) is 2.08. The number of hydrogen-bond acceptors (Lipinski definition) is 6. The molecule has 0 aliphatic heterocycles. The summed E-state index contributed by atoms with van der Waals surface area (Å²) in [4.78, 5) is 5.54. The molecule has 6 nitrogen and oxygen atoms in total. The molecule has 110 valence electrons. The summed E-state index contributed by atoms with van der Waals surface area (Å²) in [5.74, 6) is 0. The lowest BCUT2D eigenvalue weighted by atomic mass is 10.2. The van der Waals surface area contributed by atoms with Crippen molar-refractivity contribution in [3.8, 4) is 11.3 Å². The van der Waals surface area contributed by atoms with E-state index in [1.54, 1.807) is 11.3 Å². The highest BCUT2D eigenvalue weighted by Gasteiger charge is 2.13. The topological polar surface area (TPSA) is 109 Å². The van der Waals surface area contributed by atoms with Gasteiger partial charge in [-0.25, -0.2) is 18.6 Å². The van der Waals surface area contributed by atoms with Gasteiger partial charge in [-0.15, -0.1) is 10.2 Å². The SMILES string of the molecule is Cc1cc[n+]2c(-c3ccccc3)csc2n1.[O-][Cl+3]([O-])([O-])[O-]. The van der Waals surface area contributed by atoms with E-state index in [2.05, 4.69) is 45.2 Å². The van der Waals surface area contributed by atoms with Crippen LogP contribution in [0.15, 0.2) is 48.0 Å². The van der Waals surface area contributed by atoms with Crippen molar-refractivity contribution in [1.82, 2.24) is 4.98 Å². The van der Waals surface area contributed by atoms with Gasteiger partial charge in [0.15, 0.2) is 11.4 Å². The maximum Gasteiger partial charge on any atom is 0.387 e. The third-order valence-corrected chi connectivity index (χ3v) is 3.39. The zero-order chi connectivity index (χ0) is 15.5. The van der Waals surface area contributed by atoms with Crippen molar-refractivity contribution in [2.24, 2.45) is 0 Å². The van der Waals surface area contributed by atoms with Crippen LogP contribution < -0.4 is 23.0 Å². The highest BCUT2D eigenvalue weighted by Crippen LogP contribution is 2.19. The van der Waals surface area contributed by atoms with E-state index < -0.39 is 10.2 Å². The number of hydrogen-bond donors (Lipinski definition) is 0. The lowest BCUT2D eigenvalue weighted by molar-refractivity contribution is -2.00. The lowest BCUT2D eigenvalue weighted by Crippen LogP contribution is -2.68. The van der Waals surface area contributed by atoms with E-state index in [9.17, 15) is 0 Å². The Balaban J connectivity index is 0.000000282. The van der Waals surface area contributed by atoms with Crippen LogP contribution >= 0.6 is 11.3 Å². The third-order valence-electron chi connectivity index (χ3n) is 2.55. The van der Waals surface area contributed by atoms with Crippen LogP contribution in [0.2, 0.25) is 0 Å². The summed E-state index contributed by atoms with van der Waals surface area (Å²) in [6, 6.07) is 12.4. The molecule has 0 atom stereocenters. The van der Waals surface area contributed by atoms with Crippen molar-refractivity contribution in [1.29, 1.82) is 0 Å². The molecule has 1 aromatic carbocycles. The number of nitrogens with zero attached hydrogens (tertiary/aromatic N) is 2. The second-order valence-corrected chi connectivity index (χ2v) is 5.68. The van der Waals surface area contributed by atoms with Gasteiger partial charge in [0.2, 0.25) is 0 Å². The van der Waals surface area contributed by atoms with Crippen LogP contribution in [0.1, 0.15) is 5.69 Å². The number of benzene rings is 1. The molecule has 2 aromatic heterocycles. The number of thiazole rings is 1. The van der Waals surface area contributed by atoms with Crippen molar-refractivity contribution < 1.29 is 33.3 Å². The maximum atomic E-state index is 8.49. The Morgan fingerprint density at radius 1 is 1.05 bits per heavy atom. The van der Waals surface area contributed by atoms with Crippen molar-refractivity contribution in [3.63, 3.8) is 0 Å². The minimum Gasteiger partial charge on any atom is -0.222 e. The first-order valence-electron chi connectivity index (χ1n) is 5.78. The van der Waals surface area contributed by atoms with E-state index in [1.165, 1.54) is 11.3 Å². The predicted octanol–water partition coefficient (Wildman–Crippen LogP) is -1.90. The Kier molecular flexibility index (Phi) is 4.84. The van der Waals surface area contributed by atoms with Gasteiger partial charge in [0, 0.05) is 23.9 Å². The predicted molar refractivity (Wildman–Crippen MR) is 65.4 cm³/mol. The molecular formula is C13H11ClN2O4S. The Morgan fingerprint density at radius 3 is 2.29 bits per heavy atom. The number of aryl methyl sites for hydroxylation is 1. The number of rotatable bonds is 1. The molecule has 0 saturated heterocycles. The first-order valence-corrected chi connectivity index (χ1v) is 7.90. The second kappa shape index (κ2) is 6.44. The monoisotopic (exact) mass is 326 g/mol. The van der Waals surface area contributed by atoms with E-state index in [1.807, 2.05) is 19.1 Å². The van der Waals surface area contributed by atoms with Gasteiger partial charge in [-0.1, -0.05) is 30.3 Å². The van der Waals surface area contributed by atoms with Gasteiger partial charge in [-0.3, -0.25) is 0 Å². The van der Waals surface area contributed by atoms with Crippen LogP contribution in [0.25, 0.3) is 16.2 Å². The molecule has 0 bridgehead atoms. The molecular weight excluding hydrogens is 316 g/mol. The fourth-order valence-corrected chi connectivity index (χ4v) is 2.67. The molecule has 0 aliphatic carbocycles. The first-order chi connectivity index (χ1) is 9.84. The van der Waals surface area contributed by atoms with Crippen LogP contribution in [-0.2, 0) is 0 Å². The van der Waals surface area contributed by atoms with E-state index >= 15 is 0 Å². The quantitative estimate of drug-likeness (QED) is 0.485. The fraction of sp³-hybridized carbons (Fsp3) is 0.0769. The Bertz CT molecular complexity index is 722. The van der Waals surface area contributed by atoms with Crippen molar-refractivity contribution in [2.45, 2.75) is 6.92 Å². The molecule has 0 radical (unpaired) electrons. The molecule has 0 amide bonds. The molecule has 0 aliphatic rings. The molecule has 0 saturated carbocycles. The number of aromatic nitrogens is 2. The highest BCUT2D eigenvalue weighted by molar-refractivity contribution is 7.14. The molecule has 2 heterocycles. The van der Waals surface area contributed by atoms with Gasteiger partial charge in [0.25, 0.3) is 0 Å². The van der Waals surface area contributed by atoms with Gasteiger partial charge in [-0.2, -0.15) is 4.40 Å². The summed E-state index contributed by atoms with van der Waals surface area (Å²) in [5.41, 5.74) is 3.49. The van der Waals surface area contributed by atoms with Crippen LogP contribution in [-0.4, -0.2) is 4.98 Å². The minimum atomic E-state index is -4.94. The molecule has 0 spiro atoms. The minimum absolute atomic E-state index is 1.04. The maximum absolute atomic E-state index is 8.49. The zero-order valence-corrected chi connectivity index (χ0v) is 12.5. The summed E-state index contributed by atoms with van der Waals surface area (Å²) in [6.45, 7) is 2.02. The van der Waals surface area contributed by atoms with Gasteiger partial charge >= 0.3 is 4.96 Å². The summed E-state index contributed by atoms with van der Waals surface area (Å²) >= 11 is 1.67. The van der Waals surface area contributed by atoms with E-state index in [-0.39, 0.29) is 0 Å². The largest absolute Gasteiger partial charge is 0.387 e. The van der Waals surface area contributed by atoms with E-state index in [0.29, 0.717) is 0 Å². The van der Waals surface area contributed by atoms with E-state index in [4.69, 9.17) is 18.6 Å². The molecule has 3 rings (SSSR count). The zero-order valence-electron chi connectivity index (χ0n) is 10.9. The Hall–Kier alpha value is -1.61. The van der Waals surface area contributed by atoms with Gasteiger partial charge in [-0.05, 0) is 16.3 Å².